The normalized spacial score (nSPS) is 10.7. The Balaban J connectivity index is 2.29. The van der Waals surface area contributed by atoms with Crippen molar-refractivity contribution in [3.05, 3.63) is 23.8 Å². The Morgan fingerprint density at radius 2 is 2.16 bits per heavy atom. The quantitative estimate of drug-likeness (QED) is 0.588. The highest BCUT2D eigenvalue weighted by atomic mass is 16.5. The molecule has 0 bridgehead atoms. The highest BCUT2D eigenvalue weighted by Crippen LogP contribution is 2.20. The second-order valence-corrected chi connectivity index (χ2v) is 5.14. The number of nitrogens with one attached hydrogen (secondary N) is 1. The lowest BCUT2D eigenvalue weighted by atomic mass is 10.1. The van der Waals surface area contributed by atoms with Crippen LogP contribution in [-0.2, 0) is 9.53 Å². The second-order valence-electron chi connectivity index (χ2n) is 5.14. The average Bonchev–Trinajstić information content (AvgIpc) is 2.34. The number of nitrogen functional groups attached to an aromatic ring is 1. The van der Waals surface area contributed by atoms with E-state index < -0.39 is 0 Å². The molecule has 0 saturated heterocycles. The molecule has 0 saturated carbocycles. The Morgan fingerprint density at radius 1 is 1.42 bits per heavy atom. The summed E-state index contributed by atoms with van der Waals surface area (Å²) in [5.41, 5.74) is 8.18. The van der Waals surface area contributed by atoms with E-state index in [1.165, 1.54) is 0 Å². The molecule has 0 spiro atoms. The molecule has 0 aliphatic carbocycles. The minimum absolute atomic E-state index is 0.00171. The van der Waals surface area contributed by atoms with E-state index in [1.807, 2.05) is 25.1 Å². The fourth-order valence-electron chi connectivity index (χ4n) is 1.66. The minimum atomic E-state index is 0.00171. The molecule has 1 amide bonds. The first kappa shape index (κ1) is 15.5. The molecular formula is C15H24N2O2. The highest BCUT2D eigenvalue weighted by Gasteiger charge is 2.06. The molecule has 19 heavy (non-hydrogen) atoms. The van der Waals surface area contributed by atoms with Crippen molar-refractivity contribution in [2.24, 2.45) is 5.92 Å². The SMILES string of the molecule is Cc1c(N)cccc1NC(=O)CCCOCC(C)C. The molecule has 0 radical (unpaired) electrons. The molecular weight excluding hydrogens is 240 g/mol. The Morgan fingerprint density at radius 3 is 2.84 bits per heavy atom. The van der Waals surface area contributed by atoms with Crippen LogP contribution in [0.3, 0.4) is 0 Å². The highest BCUT2D eigenvalue weighted by molar-refractivity contribution is 5.92. The fourth-order valence-corrected chi connectivity index (χ4v) is 1.66. The maximum atomic E-state index is 11.8. The predicted molar refractivity (Wildman–Crippen MR) is 79.1 cm³/mol. The van der Waals surface area contributed by atoms with E-state index in [1.54, 1.807) is 0 Å². The van der Waals surface area contributed by atoms with Crippen LogP contribution in [-0.4, -0.2) is 19.1 Å². The number of carbonyl (C=O) groups excluding carboxylic acids is 1. The second kappa shape index (κ2) is 7.79. The minimum Gasteiger partial charge on any atom is -0.398 e. The molecule has 0 atom stereocenters. The van der Waals surface area contributed by atoms with Crippen molar-refractivity contribution < 1.29 is 9.53 Å². The molecule has 0 heterocycles. The zero-order valence-corrected chi connectivity index (χ0v) is 12.0. The first-order valence-electron chi connectivity index (χ1n) is 6.73. The van der Waals surface area contributed by atoms with Gasteiger partial charge in [0.1, 0.15) is 0 Å². The maximum Gasteiger partial charge on any atom is 0.224 e. The number of anilines is 2. The third-order valence-electron chi connectivity index (χ3n) is 2.79. The number of amides is 1. The van der Waals surface area contributed by atoms with Crippen molar-refractivity contribution >= 4 is 17.3 Å². The van der Waals surface area contributed by atoms with Crippen molar-refractivity contribution in [3.63, 3.8) is 0 Å². The van der Waals surface area contributed by atoms with Crippen molar-refractivity contribution in [3.8, 4) is 0 Å². The molecule has 106 valence electrons. The molecule has 0 aliphatic heterocycles. The van der Waals surface area contributed by atoms with Crippen molar-refractivity contribution in [2.45, 2.75) is 33.6 Å². The number of carbonyl (C=O) groups is 1. The van der Waals surface area contributed by atoms with Crippen LogP contribution in [0.4, 0.5) is 11.4 Å². The van der Waals surface area contributed by atoms with Crippen LogP contribution in [0.15, 0.2) is 18.2 Å². The van der Waals surface area contributed by atoms with Gasteiger partial charge in [-0.25, -0.2) is 0 Å². The van der Waals surface area contributed by atoms with Crippen molar-refractivity contribution in [2.75, 3.05) is 24.3 Å². The van der Waals surface area contributed by atoms with E-state index >= 15 is 0 Å². The Kier molecular flexibility index (Phi) is 6.36. The number of rotatable bonds is 7. The van der Waals surface area contributed by atoms with E-state index in [4.69, 9.17) is 10.5 Å². The largest absolute Gasteiger partial charge is 0.398 e. The number of ether oxygens (including phenoxy) is 1. The molecule has 1 aromatic rings. The summed E-state index contributed by atoms with van der Waals surface area (Å²) in [5, 5.41) is 2.88. The van der Waals surface area contributed by atoms with Gasteiger partial charge in [0.2, 0.25) is 5.91 Å². The molecule has 0 fully saturated rings. The van der Waals surface area contributed by atoms with E-state index in [2.05, 4.69) is 19.2 Å². The van der Waals surface area contributed by atoms with Gasteiger partial charge in [-0.1, -0.05) is 19.9 Å². The number of hydrogen-bond donors (Lipinski definition) is 2. The molecule has 3 N–H and O–H groups in total. The van der Waals surface area contributed by atoms with Gasteiger partial charge in [0.25, 0.3) is 0 Å². The summed E-state index contributed by atoms with van der Waals surface area (Å²) in [7, 11) is 0. The number of hydrogen-bond acceptors (Lipinski definition) is 3. The Bertz CT molecular complexity index is 417. The number of benzene rings is 1. The van der Waals surface area contributed by atoms with Gasteiger partial charge >= 0.3 is 0 Å². The lowest BCUT2D eigenvalue weighted by molar-refractivity contribution is -0.116. The van der Waals surface area contributed by atoms with Gasteiger partial charge in [-0.05, 0) is 37.0 Å². The zero-order chi connectivity index (χ0) is 14.3. The average molecular weight is 264 g/mol. The molecule has 1 aromatic carbocycles. The smallest absolute Gasteiger partial charge is 0.224 e. The molecule has 0 aromatic heterocycles. The van der Waals surface area contributed by atoms with Gasteiger partial charge in [0.15, 0.2) is 0 Å². The van der Waals surface area contributed by atoms with Crippen LogP contribution in [0.2, 0.25) is 0 Å². The molecule has 4 nitrogen and oxygen atoms in total. The lowest BCUT2D eigenvalue weighted by Crippen LogP contribution is -2.14. The third-order valence-corrected chi connectivity index (χ3v) is 2.79. The molecule has 1 rings (SSSR count). The van der Waals surface area contributed by atoms with E-state index in [0.717, 1.165) is 24.3 Å². The summed E-state index contributed by atoms with van der Waals surface area (Å²) >= 11 is 0. The van der Waals surface area contributed by atoms with Gasteiger partial charge in [0, 0.05) is 31.0 Å². The zero-order valence-electron chi connectivity index (χ0n) is 12.0. The van der Waals surface area contributed by atoms with Gasteiger partial charge in [0.05, 0.1) is 0 Å². The van der Waals surface area contributed by atoms with E-state index in [-0.39, 0.29) is 5.91 Å². The van der Waals surface area contributed by atoms with E-state index in [0.29, 0.717) is 24.6 Å². The van der Waals surface area contributed by atoms with Crippen LogP contribution in [0.5, 0.6) is 0 Å². The Labute approximate surface area is 115 Å². The number of nitrogens with two attached hydrogens (primary N) is 1. The summed E-state index contributed by atoms with van der Waals surface area (Å²) in [5.74, 6) is 0.533. The van der Waals surface area contributed by atoms with Crippen LogP contribution in [0, 0.1) is 12.8 Å². The van der Waals surface area contributed by atoms with Gasteiger partial charge in [-0.3, -0.25) is 4.79 Å². The summed E-state index contributed by atoms with van der Waals surface area (Å²) in [6, 6.07) is 5.52. The van der Waals surface area contributed by atoms with Gasteiger partial charge < -0.3 is 15.8 Å². The van der Waals surface area contributed by atoms with Crippen molar-refractivity contribution in [1.82, 2.24) is 0 Å². The monoisotopic (exact) mass is 264 g/mol. The first-order chi connectivity index (χ1) is 9.00. The van der Waals surface area contributed by atoms with Crippen LogP contribution in [0.25, 0.3) is 0 Å². The Hall–Kier alpha value is -1.55. The standard InChI is InChI=1S/C15H24N2O2/c1-11(2)10-19-9-5-8-15(18)17-14-7-4-6-13(16)12(14)3/h4,6-7,11H,5,8-10,16H2,1-3H3,(H,17,18). The van der Waals surface area contributed by atoms with E-state index in [9.17, 15) is 4.79 Å². The van der Waals surface area contributed by atoms with Crippen LogP contribution < -0.4 is 11.1 Å². The van der Waals surface area contributed by atoms with Gasteiger partial charge in [-0.15, -0.1) is 0 Å². The summed E-state index contributed by atoms with van der Waals surface area (Å²) < 4.78 is 5.44. The van der Waals surface area contributed by atoms with Crippen molar-refractivity contribution in [1.29, 1.82) is 0 Å². The van der Waals surface area contributed by atoms with Gasteiger partial charge in [-0.2, -0.15) is 0 Å². The molecule has 4 heteroatoms. The van der Waals surface area contributed by atoms with Crippen LogP contribution in [0.1, 0.15) is 32.3 Å². The third kappa shape index (κ3) is 5.75. The molecule has 0 aliphatic rings. The first-order valence-corrected chi connectivity index (χ1v) is 6.73. The van der Waals surface area contributed by atoms with Crippen LogP contribution >= 0.6 is 0 Å². The molecule has 0 unspecified atom stereocenters. The summed E-state index contributed by atoms with van der Waals surface area (Å²) in [6.07, 6.45) is 1.20. The fraction of sp³-hybridized carbons (Fsp3) is 0.533. The predicted octanol–water partition coefficient (Wildman–Crippen LogP) is 2.97. The summed E-state index contributed by atoms with van der Waals surface area (Å²) in [6.45, 7) is 7.48. The lowest BCUT2D eigenvalue weighted by Gasteiger charge is -2.10. The maximum absolute atomic E-state index is 11.8. The summed E-state index contributed by atoms with van der Waals surface area (Å²) in [4.78, 5) is 11.8. The topological polar surface area (TPSA) is 64.3 Å².